The molecule has 1 aromatic carbocycles. The fourth-order valence-electron chi connectivity index (χ4n) is 5.19. The highest BCUT2D eigenvalue weighted by molar-refractivity contribution is 6.33. The van der Waals surface area contributed by atoms with Crippen molar-refractivity contribution in [1.82, 2.24) is 15.5 Å². The molecule has 2 bridgehead atoms. The molecule has 3 aliphatic rings. The molecule has 0 spiro atoms. The number of carbonyl (C=O) groups is 4. The highest BCUT2D eigenvalue weighted by Crippen LogP contribution is 2.43. The minimum Gasteiger partial charge on any atom is -0.463 e. The van der Waals surface area contributed by atoms with Crippen LogP contribution in [-0.4, -0.2) is 59.4 Å². The maximum absolute atomic E-state index is 13.9. The maximum Gasteiger partial charge on any atom is 0.308 e. The standard InChI is InChI=1S/C24H30ClN3O5/c1-24(2,3)20(27-21(30)16-6-4-5-7-17(16)25)23(32)28-15-9-8-13(10-15)19(28)22(31)26-14-11-18(29)33-12-14/h4-7,13-15,19-20H,8-12H2,1-3H3,(H,26,31)(H,27,30). The minimum absolute atomic E-state index is 0.0400. The Kier molecular flexibility index (Phi) is 6.40. The van der Waals surface area contributed by atoms with Crippen LogP contribution in [0.1, 0.15) is 56.8 Å². The first kappa shape index (κ1) is 23.5. The number of halogens is 1. The average molecular weight is 476 g/mol. The van der Waals surface area contributed by atoms with E-state index in [0.29, 0.717) is 10.6 Å². The zero-order valence-electron chi connectivity index (χ0n) is 19.1. The molecule has 5 unspecified atom stereocenters. The van der Waals surface area contributed by atoms with E-state index in [1.165, 1.54) is 0 Å². The molecule has 0 aromatic heterocycles. The van der Waals surface area contributed by atoms with Crippen LogP contribution >= 0.6 is 11.6 Å². The molecule has 4 rings (SSSR count). The van der Waals surface area contributed by atoms with Crippen molar-refractivity contribution >= 4 is 35.3 Å². The largest absolute Gasteiger partial charge is 0.463 e. The molecular weight excluding hydrogens is 446 g/mol. The van der Waals surface area contributed by atoms with Crippen LogP contribution in [0.25, 0.3) is 0 Å². The minimum atomic E-state index is -0.840. The predicted molar refractivity (Wildman–Crippen MR) is 121 cm³/mol. The van der Waals surface area contributed by atoms with Gasteiger partial charge >= 0.3 is 5.97 Å². The number of amides is 3. The lowest BCUT2D eigenvalue weighted by molar-refractivity contribution is -0.146. The summed E-state index contributed by atoms with van der Waals surface area (Å²) >= 11 is 6.19. The summed E-state index contributed by atoms with van der Waals surface area (Å²) in [5.41, 5.74) is -0.299. The molecule has 2 saturated heterocycles. The van der Waals surface area contributed by atoms with Crippen molar-refractivity contribution in [2.75, 3.05) is 6.61 Å². The fraction of sp³-hybridized carbons (Fsp3) is 0.583. The molecule has 2 aliphatic heterocycles. The highest BCUT2D eigenvalue weighted by atomic mass is 35.5. The molecule has 3 fully saturated rings. The molecule has 2 N–H and O–H groups in total. The molecule has 2 heterocycles. The number of esters is 1. The van der Waals surface area contributed by atoms with Crippen molar-refractivity contribution in [3.63, 3.8) is 0 Å². The van der Waals surface area contributed by atoms with Crippen molar-refractivity contribution in [1.29, 1.82) is 0 Å². The Morgan fingerprint density at radius 2 is 1.91 bits per heavy atom. The number of nitrogens with zero attached hydrogens (tertiary/aromatic N) is 1. The van der Waals surface area contributed by atoms with E-state index in [4.69, 9.17) is 16.3 Å². The first-order valence-corrected chi connectivity index (χ1v) is 11.8. The van der Waals surface area contributed by atoms with Gasteiger partial charge < -0.3 is 20.3 Å². The Hall–Kier alpha value is -2.61. The Labute approximate surface area is 198 Å². The summed E-state index contributed by atoms with van der Waals surface area (Å²) in [6.45, 7) is 5.80. The van der Waals surface area contributed by atoms with Crippen molar-refractivity contribution in [3.05, 3.63) is 34.9 Å². The average Bonchev–Trinajstić information content (AvgIpc) is 3.47. The number of cyclic esters (lactones) is 1. The van der Waals surface area contributed by atoms with Crippen LogP contribution in [0.15, 0.2) is 24.3 Å². The number of rotatable bonds is 5. The third-order valence-electron chi connectivity index (χ3n) is 6.82. The number of fused-ring (bicyclic) bond motifs is 2. The van der Waals surface area contributed by atoms with Gasteiger partial charge in [0.25, 0.3) is 5.91 Å². The summed E-state index contributed by atoms with van der Waals surface area (Å²) in [6, 6.07) is 4.82. The molecule has 3 amide bonds. The van der Waals surface area contributed by atoms with Crippen LogP contribution in [0, 0.1) is 11.3 Å². The van der Waals surface area contributed by atoms with Gasteiger partial charge in [0, 0.05) is 6.04 Å². The molecule has 8 nitrogen and oxygen atoms in total. The highest BCUT2D eigenvalue weighted by Gasteiger charge is 2.54. The van der Waals surface area contributed by atoms with E-state index < -0.39 is 23.4 Å². The van der Waals surface area contributed by atoms with Crippen LogP contribution in [-0.2, 0) is 19.1 Å². The number of likely N-dealkylation sites (tertiary alicyclic amines) is 1. The van der Waals surface area contributed by atoms with Gasteiger partial charge in [-0.2, -0.15) is 0 Å². The first-order chi connectivity index (χ1) is 15.6. The van der Waals surface area contributed by atoms with Crippen molar-refractivity contribution in [3.8, 4) is 0 Å². The lowest BCUT2D eigenvalue weighted by atomic mass is 9.84. The van der Waals surface area contributed by atoms with Crippen molar-refractivity contribution in [2.24, 2.45) is 11.3 Å². The Bertz CT molecular complexity index is 975. The molecule has 178 valence electrons. The summed E-state index contributed by atoms with van der Waals surface area (Å²) in [5, 5.41) is 6.07. The van der Waals surface area contributed by atoms with Crippen molar-refractivity contribution in [2.45, 2.75) is 70.6 Å². The molecule has 5 atom stereocenters. The SMILES string of the molecule is CC(C)(C)C(NC(=O)c1ccccc1Cl)C(=O)N1C2CCC(C2)C1C(=O)NC1COC(=O)C1. The van der Waals surface area contributed by atoms with Gasteiger partial charge in [-0.3, -0.25) is 19.2 Å². The molecule has 1 aliphatic carbocycles. The second-order valence-corrected chi connectivity index (χ2v) is 10.7. The van der Waals surface area contributed by atoms with Gasteiger partial charge in [0.1, 0.15) is 18.7 Å². The second-order valence-electron chi connectivity index (χ2n) is 10.3. The summed E-state index contributed by atoms with van der Waals surface area (Å²) in [7, 11) is 0. The molecule has 1 aromatic rings. The van der Waals surface area contributed by atoms with Crippen LogP contribution in [0.2, 0.25) is 5.02 Å². The number of piperidine rings is 1. The van der Waals surface area contributed by atoms with Crippen LogP contribution < -0.4 is 10.6 Å². The van der Waals surface area contributed by atoms with Gasteiger partial charge in [-0.15, -0.1) is 0 Å². The van der Waals surface area contributed by atoms with Crippen LogP contribution in [0.5, 0.6) is 0 Å². The number of hydrogen-bond donors (Lipinski definition) is 2. The zero-order chi connectivity index (χ0) is 23.9. The van der Waals surface area contributed by atoms with E-state index in [2.05, 4.69) is 10.6 Å². The molecule has 1 saturated carbocycles. The third kappa shape index (κ3) is 4.71. The van der Waals surface area contributed by atoms with E-state index in [9.17, 15) is 19.2 Å². The number of ether oxygens (including phenoxy) is 1. The van der Waals surface area contributed by atoms with E-state index in [1.807, 2.05) is 20.8 Å². The van der Waals surface area contributed by atoms with Crippen LogP contribution in [0.4, 0.5) is 0 Å². The number of benzene rings is 1. The first-order valence-electron chi connectivity index (χ1n) is 11.4. The lowest BCUT2D eigenvalue weighted by Gasteiger charge is -2.40. The summed E-state index contributed by atoms with van der Waals surface area (Å²) in [4.78, 5) is 53.1. The summed E-state index contributed by atoms with van der Waals surface area (Å²) in [5.74, 6) is -1.23. The Morgan fingerprint density at radius 1 is 1.18 bits per heavy atom. The lowest BCUT2D eigenvalue weighted by Crippen LogP contribution is -2.61. The van der Waals surface area contributed by atoms with E-state index >= 15 is 0 Å². The second kappa shape index (κ2) is 8.97. The fourth-order valence-corrected chi connectivity index (χ4v) is 5.41. The normalized spacial score (nSPS) is 27.3. The van der Waals surface area contributed by atoms with E-state index in [1.54, 1.807) is 29.2 Å². The van der Waals surface area contributed by atoms with Gasteiger partial charge in [0.2, 0.25) is 11.8 Å². The number of hydrogen-bond acceptors (Lipinski definition) is 5. The molecule has 0 radical (unpaired) electrons. The quantitative estimate of drug-likeness (QED) is 0.636. The van der Waals surface area contributed by atoms with Gasteiger partial charge in [0.15, 0.2) is 0 Å². The number of nitrogens with one attached hydrogen (secondary N) is 2. The summed E-state index contributed by atoms with van der Waals surface area (Å²) < 4.78 is 4.95. The predicted octanol–water partition coefficient (Wildman–Crippen LogP) is 2.30. The van der Waals surface area contributed by atoms with E-state index in [0.717, 1.165) is 19.3 Å². The monoisotopic (exact) mass is 475 g/mol. The van der Waals surface area contributed by atoms with Gasteiger partial charge in [-0.25, -0.2) is 0 Å². The van der Waals surface area contributed by atoms with Crippen molar-refractivity contribution < 1.29 is 23.9 Å². The van der Waals surface area contributed by atoms with Gasteiger partial charge in [-0.05, 0) is 42.7 Å². The molecular formula is C24H30ClN3O5. The van der Waals surface area contributed by atoms with Gasteiger partial charge in [-0.1, -0.05) is 44.5 Å². The Balaban J connectivity index is 1.55. The smallest absolute Gasteiger partial charge is 0.308 e. The molecule has 33 heavy (non-hydrogen) atoms. The Morgan fingerprint density at radius 3 is 2.55 bits per heavy atom. The summed E-state index contributed by atoms with van der Waals surface area (Å²) in [6.07, 6.45) is 2.61. The van der Waals surface area contributed by atoms with E-state index in [-0.39, 0.29) is 48.8 Å². The zero-order valence-corrected chi connectivity index (χ0v) is 19.9. The number of carbonyl (C=O) groups excluding carboxylic acids is 4. The van der Waals surface area contributed by atoms with Crippen LogP contribution in [0.3, 0.4) is 0 Å². The molecule has 9 heteroatoms. The maximum atomic E-state index is 13.9. The topological polar surface area (TPSA) is 105 Å². The van der Waals surface area contributed by atoms with Gasteiger partial charge in [0.05, 0.1) is 23.0 Å². The third-order valence-corrected chi connectivity index (χ3v) is 7.15.